The first-order chi connectivity index (χ1) is 21.3. The first-order valence-electron chi connectivity index (χ1n) is 18.5. The van der Waals surface area contributed by atoms with Gasteiger partial charge in [-0.2, -0.15) is 8.42 Å². The van der Waals surface area contributed by atoms with Crippen LogP contribution in [0.4, 0.5) is 0 Å². The van der Waals surface area contributed by atoms with E-state index >= 15 is 0 Å². The number of unbranched alkanes of at least 4 members (excludes halogenated alkanes) is 24. The molecule has 0 aliphatic heterocycles. The van der Waals surface area contributed by atoms with Crippen LogP contribution in [-0.4, -0.2) is 45.9 Å². The highest BCUT2D eigenvalue weighted by molar-refractivity contribution is 7.85. The molecule has 0 heterocycles. The molecule has 1 atom stereocenters. The van der Waals surface area contributed by atoms with Gasteiger partial charge in [0.05, 0.1) is 6.26 Å². The second-order valence-electron chi connectivity index (χ2n) is 12.8. The Kier molecular flexibility index (Phi) is 31.0. The Morgan fingerprint density at radius 3 is 1.14 bits per heavy atom. The lowest BCUT2D eigenvalue weighted by Gasteiger charge is -2.17. The van der Waals surface area contributed by atoms with Crippen LogP contribution in [0, 0.1) is 0 Å². The van der Waals surface area contributed by atoms with Gasteiger partial charge in [-0.25, -0.2) is 0 Å². The molecule has 0 aromatic rings. The lowest BCUT2D eigenvalue weighted by atomic mass is 10.0. The summed E-state index contributed by atoms with van der Waals surface area (Å²) >= 11 is 0. The maximum absolute atomic E-state index is 12.4. The summed E-state index contributed by atoms with van der Waals surface area (Å²) in [6.45, 7) is 3.95. The maximum atomic E-state index is 12.4. The number of esters is 2. The zero-order valence-corrected chi connectivity index (χ0v) is 29.9. The third-order valence-electron chi connectivity index (χ3n) is 8.17. The Bertz CT molecular complexity index is 754. The largest absolute Gasteiger partial charge is 0.462 e. The summed E-state index contributed by atoms with van der Waals surface area (Å²) in [5, 5.41) is 0. The molecule has 0 aliphatic carbocycles. The van der Waals surface area contributed by atoms with Crippen molar-refractivity contribution in [2.45, 2.75) is 200 Å². The molecule has 0 aromatic carbocycles. The Balaban J connectivity index is 3.95. The van der Waals surface area contributed by atoms with E-state index in [2.05, 4.69) is 13.8 Å². The molecule has 0 fully saturated rings. The Hall–Kier alpha value is -1.15. The lowest BCUT2D eigenvalue weighted by Crippen LogP contribution is -2.30. The van der Waals surface area contributed by atoms with E-state index in [4.69, 9.17) is 13.7 Å². The van der Waals surface area contributed by atoms with Crippen molar-refractivity contribution in [3.8, 4) is 0 Å². The summed E-state index contributed by atoms with van der Waals surface area (Å²) in [6, 6.07) is 0. The van der Waals surface area contributed by atoms with Gasteiger partial charge in [-0.15, -0.1) is 0 Å². The highest BCUT2D eigenvalue weighted by atomic mass is 32.2. The van der Waals surface area contributed by atoms with Crippen molar-refractivity contribution in [3.05, 3.63) is 0 Å². The van der Waals surface area contributed by atoms with Crippen LogP contribution in [0.25, 0.3) is 0 Å². The van der Waals surface area contributed by atoms with Gasteiger partial charge in [0.15, 0.2) is 6.10 Å². The number of hydrogen-bond acceptors (Lipinski definition) is 7. The van der Waals surface area contributed by atoms with Crippen molar-refractivity contribution < 1.29 is 31.7 Å². The minimum atomic E-state index is -3.70. The molecule has 262 valence electrons. The zero-order chi connectivity index (χ0) is 32.6. The molecule has 0 amide bonds. The van der Waals surface area contributed by atoms with Crippen LogP contribution >= 0.6 is 0 Å². The molecule has 44 heavy (non-hydrogen) atoms. The van der Waals surface area contributed by atoms with E-state index < -0.39 is 22.2 Å². The van der Waals surface area contributed by atoms with E-state index in [-0.39, 0.29) is 25.6 Å². The Morgan fingerprint density at radius 2 is 0.795 bits per heavy atom. The van der Waals surface area contributed by atoms with Gasteiger partial charge in [0, 0.05) is 12.8 Å². The highest BCUT2D eigenvalue weighted by Crippen LogP contribution is 2.15. The van der Waals surface area contributed by atoms with Gasteiger partial charge in [-0.05, 0) is 12.8 Å². The first-order valence-corrected chi connectivity index (χ1v) is 20.3. The molecule has 0 saturated heterocycles. The Labute approximate surface area is 272 Å². The molecule has 0 N–H and O–H groups in total. The normalized spacial score (nSPS) is 12.3. The van der Waals surface area contributed by atoms with E-state index in [0.717, 1.165) is 44.8 Å². The fraction of sp³-hybridized carbons (Fsp3) is 0.944. The number of rotatable bonds is 34. The molecule has 0 aliphatic rings. The van der Waals surface area contributed by atoms with Crippen LogP contribution in [-0.2, 0) is 33.4 Å². The fourth-order valence-electron chi connectivity index (χ4n) is 5.39. The van der Waals surface area contributed by atoms with E-state index in [1.54, 1.807) is 0 Å². The van der Waals surface area contributed by atoms with E-state index in [1.807, 2.05) is 0 Å². The van der Waals surface area contributed by atoms with Crippen LogP contribution in [0.5, 0.6) is 0 Å². The summed E-state index contributed by atoms with van der Waals surface area (Å²) < 4.78 is 38.5. The van der Waals surface area contributed by atoms with Crippen molar-refractivity contribution in [2.75, 3.05) is 19.5 Å². The lowest BCUT2D eigenvalue weighted by molar-refractivity contribution is -0.161. The van der Waals surface area contributed by atoms with Crippen LogP contribution in [0.1, 0.15) is 194 Å². The monoisotopic (exact) mass is 646 g/mol. The summed E-state index contributed by atoms with van der Waals surface area (Å²) in [5.74, 6) is -0.771. The predicted octanol–water partition coefficient (Wildman–Crippen LogP) is 10.4. The van der Waals surface area contributed by atoms with Crippen LogP contribution in [0.3, 0.4) is 0 Å². The Morgan fingerprint density at radius 1 is 0.477 bits per heavy atom. The second-order valence-corrected chi connectivity index (χ2v) is 14.4. The highest BCUT2D eigenvalue weighted by Gasteiger charge is 2.19. The minimum absolute atomic E-state index is 0.197. The summed E-state index contributed by atoms with van der Waals surface area (Å²) in [5.41, 5.74) is 0. The molecule has 0 rings (SSSR count). The van der Waals surface area contributed by atoms with Crippen LogP contribution in [0.2, 0.25) is 0 Å². The number of carbonyl (C=O) groups is 2. The number of hydrogen-bond donors (Lipinski definition) is 0. The van der Waals surface area contributed by atoms with Gasteiger partial charge in [-0.1, -0.05) is 168 Å². The topological polar surface area (TPSA) is 96.0 Å². The van der Waals surface area contributed by atoms with Gasteiger partial charge >= 0.3 is 11.9 Å². The molecule has 7 nitrogen and oxygen atoms in total. The van der Waals surface area contributed by atoms with Crippen LogP contribution in [0.15, 0.2) is 0 Å². The van der Waals surface area contributed by atoms with Crippen LogP contribution < -0.4 is 0 Å². The summed E-state index contributed by atoms with van der Waals surface area (Å²) in [7, 11) is -3.70. The first kappa shape index (κ1) is 42.9. The van der Waals surface area contributed by atoms with Crippen molar-refractivity contribution in [1.29, 1.82) is 0 Å². The molecule has 0 aromatic heterocycles. The third kappa shape index (κ3) is 33.7. The average molecular weight is 647 g/mol. The van der Waals surface area contributed by atoms with Gasteiger partial charge < -0.3 is 9.47 Å². The standard InChI is InChI=1S/C36H70O7S/c1-4-6-8-10-12-14-16-18-20-22-24-26-28-30-35(37)41-32-34(33-42-44(3,39)40)43-36(38)31-29-27-25-23-21-19-17-15-13-11-9-7-5-2/h34H,4-33H2,1-3H3/t34-/m0/s1. The molecule has 0 saturated carbocycles. The van der Waals surface area contributed by atoms with Gasteiger partial charge in [0.1, 0.15) is 13.2 Å². The molecule has 0 spiro atoms. The van der Waals surface area contributed by atoms with Gasteiger partial charge in [-0.3, -0.25) is 13.8 Å². The minimum Gasteiger partial charge on any atom is -0.462 e. The average Bonchev–Trinajstić information content (AvgIpc) is 2.98. The molecule has 0 radical (unpaired) electrons. The molecule has 8 heteroatoms. The van der Waals surface area contributed by atoms with Crippen molar-refractivity contribution in [3.63, 3.8) is 0 Å². The summed E-state index contributed by atoms with van der Waals surface area (Å²) in [6.07, 6.45) is 32.6. The quantitative estimate of drug-likeness (QED) is 0.0390. The molecule has 0 unspecified atom stereocenters. The smallest absolute Gasteiger partial charge is 0.306 e. The predicted molar refractivity (Wildman–Crippen MR) is 182 cm³/mol. The second kappa shape index (κ2) is 31.8. The molecule has 0 bridgehead atoms. The van der Waals surface area contributed by atoms with Crippen molar-refractivity contribution >= 4 is 22.1 Å². The van der Waals surface area contributed by atoms with Gasteiger partial charge in [0.25, 0.3) is 10.1 Å². The fourth-order valence-corrected chi connectivity index (χ4v) is 5.79. The molecular weight excluding hydrogens is 576 g/mol. The number of carbonyl (C=O) groups excluding carboxylic acids is 2. The van der Waals surface area contributed by atoms with E-state index in [1.165, 1.54) is 128 Å². The van der Waals surface area contributed by atoms with Crippen molar-refractivity contribution in [2.24, 2.45) is 0 Å². The van der Waals surface area contributed by atoms with E-state index in [9.17, 15) is 18.0 Å². The van der Waals surface area contributed by atoms with E-state index in [0.29, 0.717) is 6.42 Å². The van der Waals surface area contributed by atoms with Gasteiger partial charge in [0.2, 0.25) is 0 Å². The van der Waals surface area contributed by atoms with Crippen molar-refractivity contribution in [1.82, 2.24) is 0 Å². The summed E-state index contributed by atoms with van der Waals surface area (Å²) in [4.78, 5) is 24.6. The molecular formula is C36H70O7S. The third-order valence-corrected chi connectivity index (χ3v) is 8.73. The SMILES string of the molecule is CCCCCCCCCCCCCCCC(=O)OC[C@@H](COS(C)(=O)=O)OC(=O)CCCCCCCCCCCCCCC. The maximum Gasteiger partial charge on any atom is 0.306 e. The number of ether oxygens (including phenoxy) is 2. The zero-order valence-electron chi connectivity index (χ0n) is 29.1.